The molecule has 0 saturated carbocycles. The van der Waals surface area contributed by atoms with E-state index < -0.39 is 0 Å². The lowest BCUT2D eigenvalue weighted by atomic mass is 10.1. The van der Waals surface area contributed by atoms with Gasteiger partial charge in [-0.15, -0.1) is 0 Å². The van der Waals surface area contributed by atoms with E-state index in [0.717, 1.165) is 32.3 Å². The van der Waals surface area contributed by atoms with Crippen LogP contribution < -0.4 is 0 Å². The van der Waals surface area contributed by atoms with E-state index in [1.807, 2.05) is 0 Å². The average molecular weight is 367 g/mol. The largest absolute Gasteiger partial charge is 0.463 e. The number of hydrogen-bond donors (Lipinski definition) is 0. The van der Waals surface area contributed by atoms with Crippen LogP contribution in [0.25, 0.3) is 0 Å². The average Bonchev–Trinajstić information content (AvgIpc) is 3.17. The topological polar surface area (TPSA) is 35.5 Å². The summed E-state index contributed by atoms with van der Waals surface area (Å²) in [5.74, 6) is -0.0573. The number of unbranched alkanes of at least 4 members (excludes halogenated alkanes) is 11. The van der Waals surface area contributed by atoms with Crippen molar-refractivity contribution in [3.8, 4) is 0 Å². The van der Waals surface area contributed by atoms with Gasteiger partial charge in [0.1, 0.15) is 6.61 Å². The van der Waals surface area contributed by atoms with Crippen molar-refractivity contribution in [1.82, 2.24) is 0 Å². The van der Waals surface area contributed by atoms with Gasteiger partial charge in [0.05, 0.1) is 6.10 Å². The fourth-order valence-electron chi connectivity index (χ4n) is 3.37. The number of ether oxygens (including phenoxy) is 2. The van der Waals surface area contributed by atoms with Crippen molar-refractivity contribution >= 4 is 5.97 Å². The third-order valence-corrected chi connectivity index (χ3v) is 5.10. The standard InChI is InChI=1S/C23H42O3/c1-2-3-4-5-6-7-8-9-10-11-12-13-14-15-16-19-23(24)26-21-22-18-17-20-25-22/h9-10,22H,2-8,11-21H2,1H3. The molecule has 3 nitrogen and oxygen atoms in total. The van der Waals surface area contributed by atoms with Gasteiger partial charge in [0.15, 0.2) is 0 Å². The summed E-state index contributed by atoms with van der Waals surface area (Å²) >= 11 is 0. The highest BCUT2D eigenvalue weighted by molar-refractivity contribution is 5.69. The summed E-state index contributed by atoms with van der Waals surface area (Å²) in [5.41, 5.74) is 0. The van der Waals surface area contributed by atoms with Crippen LogP contribution in [0.3, 0.4) is 0 Å². The summed E-state index contributed by atoms with van der Waals surface area (Å²) in [4.78, 5) is 11.6. The molecular weight excluding hydrogens is 324 g/mol. The van der Waals surface area contributed by atoms with Crippen LogP contribution in [0, 0.1) is 0 Å². The van der Waals surface area contributed by atoms with Crippen LogP contribution in [0.4, 0.5) is 0 Å². The maximum atomic E-state index is 11.6. The van der Waals surface area contributed by atoms with Gasteiger partial charge in [0.25, 0.3) is 0 Å². The van der Waals surface area contributed by atoms with E-state index in [1.165, 1.54) is 70.6 Å². The first-order chi connectivity index (χ1) is 12.8. The first-order valence-corrected chi connectivity index (χ1v) is 11.2. The van der Waals surface area contributed by atoms with Crippen LogP contribution in [-0.4, -0.2) is 25.3 Å². The van der Waals surface area contributed by atoms with Gasteiger partial charge in [0.2, 0.25) is 0 Å². The molecule has 1 rings (SSSR count). The van der Waals surface area contributed by atoms with E-state index in [1.54, 1.807) is 0 Å². The quantitative estimate of drug-likeness (QED) is 0.162. The third-order valence-electron chi connectivity index (χ3n) is 5.10. The molecule has 3 heteroatoms. The number of carbonyl (C=O) groups excluding carboxylic acids is 1. The maximum absolute atomic E-state index is 11.6. The molecule has 152 valence electrons. The summed E-state index contributed by atoms with van der Waals surface area (Å²) in [6, 6.07) is 0. The second kappa shape index (κ2) is 17.6. The van der Waals surface area contributed by atoms with Crippen molar-refractivity contribution in [3.63, 3.8) is 0 Å². The van der Waals surface area contributed by atoms with Crippen LogP contribution in [0.5, 0.6) is 0 Å². The minimum Gasteiger partial charge on any atom is -0.463 e. The predicted molar refractivity (Wildman–Crippen MR) is 109 cm³/mol. The van der Waals surface area contributed by atoms with Gasteiger partial charge in [-0.25, -0.2) is 0 Å². The molecule has 1 aliphatic heterocycles. The molecule has 0 aliphatic carbocycles. The number of carbonyl (C=O) groups is 1. The molecule has 26 heavy (non-hydrogen) atoms. The first-order valence-electron chi connectivity index (χ1n) is 11.2. The number of esters is 1. The Morgan fingerprint density at radius 1 is 0.923 bits per heavy atom. The highest BCUT2D eigenvalue weighted by atomic mass is 16.6. The van der Waals surface area contributed by atoms with Gasteiger partial charge in [0, 0.05) is 13.0 Å². The number of rotatable bonds is 17. The SMILES string of the molecule is CCCCCCCCC=CCCCCCCCC(=O)OCC1CCCO1. The van der Waals surface area contributed by atoms with E-state index in [9.17, 15) is 4.79 Å². The van der Waals surface area contributed by atoms with Gasteiger partial charge in [-0.2, -0.15) is 0 Å². The van der Waals surface area contributed by atoms with Gasteiger partial charge in [-0.05, 0) is 44.9 Å². The monoisotopic (exact) mass is 366 g/mol. The molecule has 0 aromatic heterocycles. The van der Waals surface area contributed by atoms with Crippen molar-refractivity contribution < 1.29 is 14.3 Å². The first kappa shape index (κ1) is 23.2. The molecular formula is C23H42O3. The summed E-state index contributed by atoms with van der Waals surface area (Å²) in [6.07, 6.45) is 24.2. The van der Waals surface area contributed by atoms with Gasteiger partial charge in [-0.3, -0.25) is 4.79 Å². The molecule has 1 heterocycles. The number of hydrogen-bond acceptors (Lipinski definition) is 3. The Morgan fingerprint density at radius 3 is 2.15 bits per heavy atom. The Morgan fingerprint density at radius 2 is 1.54 bits per heavy atom. The highest BCUT2D eigenvalue weighted by Crippen LogP contribution is 2.13. The molecule has 1 aliphatic rings. The highest BCUT2D eigenvalue weighted by Gasteiger charge is 2.17. The Bertz CT molecular complexity index is 345. The van der Waals surface area contributed by atoms with Crippen molar-refractivity contribution in [1.29, 1.82) is 0 Å². The zero-order chi connectivity index (χ0) is 18.7. The molecule has 0 aromatic carbocycles. The molecule has 1 atom stereocenters. The van der Waals surface area contributed by atoms with Gasteiger partial charge < -0.3 is 9.47 Å². The minimum absolute atomic E-state index is 0.0573. The lowest BCUT2D eigenvalue weighted by Gasteiger charge is -2.09. The van der Waals surface area contributed by atoms with Gasteiger partial charge >= 0.3 is 5.97 Å². The fourth-order valence-corrected chi connectivity index (χ4v) is 3.37. The predicted octanol–water partition coefficient (Wildman–Crippen LogP) is 6.75. The van der Waals surface area contributed by atoms with Crippen LogP contribution >= 0.6 is 0 Å². The maximum Gasteiger partial charge on any atom is 0.305 e. The summed E-state index contributed by atoms with van der Waals surface area (Å²) < 4.78 is 10.7. The van der Waals surface area contributed by atoms with Crippen LogP contribution in [-0.2, 0) is 14.3 Å². The molecule has 0 spiro atoms. The van der Waals surface area contributed by atoms with Crippen molar-refractivity contribution in [3.05, 3.63) is 12.2 Å². The lowest BCUT2D eigenvalue weighted by Crippen LogP contribution is -2.17. The smallest absolute Gasteiger partial charge is 0.305 e. The zero-order valence-electron chi connectivity index (χ0n) is 17.2. The Kier molecular flexibility index (Phi) is 15.7. The third kappa shape index (κ3) is 14.4. The minimum atomic E-state index is -0.0573. The normalized spacial score (nSPS) is 17.2. The second-order valence-corrected chi connectivity index (χ2v) is 7.65. The van der Waals surface area contributed by atoms with Crippen molar-refractivity contribution in [2.45, 2.75) is 116 Å². The Hall–Kier alpha value is -0.830. The van der Waals surface area contributed by atoms with E-state index in [2.05, 4.69) is 19.1 Å². The zero-order valence-corrected chi connectivity index (χ0v) is 17.2. The second-order valence-electron chi connectivity index (χ2n) is 7.65. The Labute approximate surface area is 161 Å². The molecule has 1 fully saturated rings. The molecule has 0 bridgehead atoms. The van der Waals surface area contributed by atoms with E-state index in [4.69, 9.17) is 9.47 Å². The van der Waals surface area contributed by atoms with Crippen LogP contribution in [0.1, 0.15) is 110 Å². The molecule has 0 amide bonds. The summed E-state index contributed by atoms with van der Waals surface area (Å²) in [5, 5.41) is 0. The van der Waals surface area contributed by atoms with Crippen LogP contribution in [0.15, 0.2) is 12.2 Å². The lowest BCUT2D eigenvalue weighted by molar-refractivity contribution is -0.147. The fraction of sp³-hybridized carbons (Fsp3) is 0.870. The molecule has 0 aromatic rings. The van der Waals surface area contributed by atoms with Crippen molar-refractivity contribution in [2.75, 3.05) is 13.2 Å². The molecule has 0 N–H and O–H groups in total. The van der Waals surface area contributed by atoms with Crippen LogP contribution in [0.2, 0.25) is 0 Å². The Balaban J connectivity index is 1.76. The van der Waals surface area contributed by atoms with E-state index >= 15 is 0 Å². The van der Waals surface area contributed by atoms with Crippen molar-refractivity contribution in [2.24, 2.45) is 0 Å². The molecule has 0 radical (unpaired) electrons. The molecule has 1 unspecified atom stereocenters. The molecule has 1 saturated heterocycles. The van der Waals surface area contributed by atoms with E-state index in [-0.39, 0.29) is 12.1 Å². The number of allylic oxidation sites excluding steroid dienone is 2. The van der Waals surface area contributed by atoms with E-state index in [0.29, 0.717) is 13.0 Å². The summed E-state index contributed by atoms with van der Waals surface area (Å²) in [6.45, 7) is 3.53. The van der Waals surface area contributed by atoms with Gasteiger partial charge in [-0.1, -0.05) is 70.4 Å². The summed E-state index contributed by atoms with van der Waals surface area (Å²) in [7, 11) is 0.